The molecule has 1 unspecified atom stereocenters. The van der Waals surface area contributed by atoms with Gasteiger partial charge >= 0.3 is 5.91 Å². The molecule has 1 saturated heterocycles. The molecule has 9 heteroatoms. The summed E-state index contributed by atoms with van der Waals surface area (Å²) in [5.41, 5.74) is 1.30. The van der Waals surface area contributed by atoms with Crippen molar-refractivity contribution in [2.75, 3.05) is 18.1 Å². The van der Waals surface area contributed by atoms with Gasteiger partial charge in [-0.25, -0.2) is 9.37 Å². The molecule has 38 heavy (non-hydrogen) atoms. The number of carbonyl (C=O) groups is 2. The fourth-order valence-corrected chi connectivity index (χ4v) is 5.28. The molecule has 0 saturated carbocycles. The second kappa shape index (κ2) is 10.5. The maximum absolute atomic E-state index is 13.5. The van der Waals surface area contributed by atoms with Crippen molar-refractivity contribution in [2.45, 2.75) is 13.0 Å². The summed E-state index contributed by atoms with van der Waals surface area (Å²) in [4.78, 5) is 32.7. The predicted molar refractivity (Wildman–Crippen MR) is 144 cm³/mol. The maximum Gasteiger partial charge on any atom is 0.301 e. The van der Waals surface area contributed by atoms with E-state index in [-0.39, 0.29) is 11.1 Å². The Balaban J connectivity index is 1.65. The quantitative estimate of drug-likeness (QED) is 0.130. The van der Waals surface area contributed by atoms with Crippen molar-refractivity contribution in [1.82, 2.24) is 4.98 Å². The lowest BCUT2D eigenvalue weighted by Gasteiger charge is -2.23. The lowest BCUT2D eigenvalue weighted by molar-refractivity contribution is -0.132. The predicted octanol–water partition coefficient (Wildman–Crippen LogP) is 6.03. The van der Waals surface area contributed by atoms with Gasteiger partial charge in [0, 0.05) is 5.56 Å². The Morgan fingerprint density at radius 1 is 1.08 bits per heavy atom. The number of carbonyl (C=O) groups excluding carboxylic acids is 2. The monoisotopic (exact) mass is 530 g/mol. The molecule has 0 aliphatic carbocycles. The minimum Gasteiger partial charge on any atom is -0.507 e. The molecule has 4 aromatic rings. The highest BCUT2D eigenvalue weighted by Gasteiger charge is 2.48. The number of ketones is 1. The highest BCUT2D eigenvalue weighted by atomic mass is 32.1. The van der Waals surface area contributed by atoms with Crippen molar-refractivity contribution in [3.05, 3.63) is 102 Å². The first-order chi connectivity index (χ1) is 18.4. The summed E-state index contributed by atoms with van der Waals surface area (Å²) in [5, 5.41) is 11.5. The minimum absolute atomic E-state index is 0.115. The van der Waals surface area contributed by atoms with Crippen LogP contribution in [0.5, 0.6) is 11.5 Å². The van der Waals surface area contributed by atoms with Crippen molar-refractivity contribution in [1.29, 1.82) is 0 Å². The molecule has 1 amide bonds. The summed E-state index contributed by atoms with van der Waals surface area (Å²) in [5.74, 6) is -1.34. The van der Waals surface area contributed by atoms with Crippen LogP contribution in [0.15, 0.2) is 85.0 Å². The van der Waals surface area contributed by atoms with E-state index in [2.05, 4.69) is 11.6 Å². The highest BCUT2D eigenvalue weighted by Crippen LogP contribution is 2.44. The molecule has 1 fully saturated rings. The molecule has 1 aromatic heterocycles. The van der Waals surface area contributed by atoms with E-state index >= 15 is 0 Å². The third-order valence-corrected chi connectivity index (χ3v) is 7.01. The lowest BCUT2D eigenvalue weighted by atomic mass is 9.95. The third kappa shape index (κ3) is 4.64. The number of halogens is 1. The van der Waals surface area contributed by atoms with Gasteiger partial charge < -0.3 is 14.6 Å². The smallest absolute Gasteiger partial charge is 0.301 e. The molecule has 0 bridgehead atoms. The zero-order valence-corrected chi connectivity index (χ0v) is 21.2. The molecule has 3 aromatic carbocycles. The molecule has 5 rings (SSSR count). The van der Waals surface area contributed by atoms with Crippen LogP contribution in [0.25, 0.3) is 16.0 Å². The number of aliphatic hydroxyl groups is 1. The third-order valence-electron chi connectivity index (χ3n) is 5.99. The number of thiazole rings is 1. The van der Waals surface area contributed by atoms with Crippen LogP contribution in [0.1, 0.15) is 24.1 Å². The Kier molecular flexibility index (Phi) is 6.93. The summed E-state index contributed by atoms with van der Waals surface area (Å²) in [6, 6.07) is 16.4. The van der Waals surface area contributed by atoms with Crippen LogP contribution in [-0.4, -0.2) is 35.0 Å². The van der Waals surface area contributed by atoms with E-state index in [1.54, 1.807) is 42.5 Å². The largest absolute Gasteiger partial charge is 0.507 e. The molecule has 2 heterocycles. The average molecular weight is 531 g/mol. The number of nitrogens with zero attached hydrogens (tertiary/aromatic N) is 2. The van der Waals surface area contributed by atoms with Gasteiger partial charge in [0.2, 0.25) is 0 Å². The van der Waals surface area contributed by atoms with Crippen LogP contribution in [0, 0.1) is 5.82 Å². The van der Waals surface area contributed by atoms with E-state index < -0.39 is 29.3 Å². The lowest BCUT2D eigenvalue weighted by Crippen LogP contribution is -2.29. The number of aromatic nitrogens is 1. The summed E-state index contributed by atoms with van der Waals surface area (Å²) in [6.45, 7) is 6.34. The number of anilines is 1. The van der Waals surface area contributed by atoms with Crippen LogP contribution in [0.3, 0.4) is 0 Å². The van der Waals surface area contributed by atoms with Gasteiger partial charge in [-0.2, -0.15) is 0 Å². The van der Waals surface area contributed by atoms with E-state index in [0.717, 1.165) is 4.70 Å². The standard InChI is InChI=1S/C29H23FN2O5S/c1-3-15-37-20-11-7-17(8-12-20)25-24(26(33)18-5-9-19(30)10-6-18)27(34)28(35)32(25)29-31-22-14-13-21(36-4-2)16-23(22)38-29/h3,5-14,16,25,33H,1,4,15H2,2H3. The van der Waals surface area contributed by atoms with E-state index in [1.807, 2.05) is 13.0 Å². The van der Waals surface area contributed by atoms with E-state index in [1.165, 1.54) is 40.5 Å². The number of aliphatic hydroxyl groups excluding tert-OH is 1. The van der Waals surface area contributed by atoms with Crippen molar-refractivity contribution in [3.8, 4) is 11.5 Å². The van der Waals surface area contributed by atoms with Gasteiger partial charge in [0.1, 0.15) is 29.7 Å². The second-order valence-electron chi connectivity index (χ2n) is 8.40. The summed E-state index contributed by atoms with van der Waals surface area (Å²) >= 11 is 1.24. The number of benzene rings is 3. The SMILES string of the molecule is C=CCOc1ccc(C2C(=C(O)c3ccc(F)cc3)C(=O)C(=O)N2c2nc3ccc(OCC)cc3s2)cc1. The molecule has 1 aliphatic rings. The maximum atomic E-state index is 13.5. The zero-order valence-electron chi connectivity index (χ0n) is 20.4. The van der Waals surface area contributed by atoms with Crippen LogP contribution in [0.2, 0.25) is 0 Å². The number of amides is 1. The van der Waals surface area contributed by atoms with Crippen molar-refractivity contribution >= 4 is 44.1 Å². The first-order valence-electron chi connectivity index (χ1n) is 11.8. The molecule has 0 radical (unpaired) electrons. The normalized spacial score (nSPS) is 16.7. The average Bonchev–Trinajstić information content (AvgIpc) is 3.45. The number of ether oxygens (including phenoxy) is 2. The minimum atomic E-state index is -0.972. The summed E-state index contributed by atoms with van der Waals surface area (Å²) in [7, 11) is 0. The number of hydrogen-bond acceptors (Lipinski definition) is 7. The fraction of sp³-hybridized carbons (Fsp3) is 0.138. The van der Waals surface area contributed by atoms with Crippen LogP contribution in [0.4, 0.5) is 9.52 Å². The van der Waals surface area contributed by atoms with E-state index in [4.69, 9.17) is 9.47 Å². The van der Waals surface area contributed by atoms with Crippen molar-refractivity contribution in [3.63, 3.8) is 0 Å². The van der Waals surface area contributed by atoms with Crippen molar-refractivity contribution in [2.24, 2.45) is 0 Å². The molecule has 0 spiro atoms. The van der Waals surface area contributed by atoms with E-state index in [0.29, 0.717) is 40.9 Å². The van der Waals surface area contributed by atoms with Crippen LogP contribution < -0.4 is 14.4 Å². The fourth-order valence-electron chi connectivity index (χ4n) is 4.26. The van der Waals surface area contributed by atoms with Gasteiger partial charge in [0.25, 0.3) is 5.78 Å². The van der Waals surface area contributed by atoms with Gasteiger partial charge in [-0.15, -0.1) is 0 Å². The number of Topliss-reactive ketones (excluding diaryl/α,β-unsaturated/α-hetero) is 1. The Morgan fingerprint density at radius 3 is 2.47 bits per heavy atom. The second-order valence-corrected chi connectivity index (χ2v) is 9.41. The zero-order chi connectivity index (χ0) is 26.8. The molecule has 1 N–H and O–H groups in total. The summed E-state index contributed by atoms with van der Waals surface area (Å²) < 4.78 is 25.5. The summed E-state index contributed by atoms with van der Waals surface area (Å²) in [6.07, 6.45) is 1.62. The number of rotatable bonds is 8. The molecule has 192 valence electrons. The Morgan fingerprint density at radius 2 is 1.79 bits per heavy atom. The van der Waals surface area contributed by atoms with Gasteiger partial charge in [-0.3, -0.25) is 14.5 Å². The Bertz CT molecular complexity index is 1560. The van der Waals surface area contributed by atoms with Crippen LogP contribution >= 0.6 is 11.3 Å². The number of hydrogen-bond donors (Lipinski definition) is 1. The first-order valence-corrected chi connectivity index (χ1v) is 12.7. The van der Waals surface area contributed by atoms with Crippen LogP contribution in [-0.2, 0) is 9.59 Å². The molecule has 1 atom stereocenters. The highest BCUT2D eigenvalue weighted by molar-refractivity contribution is 7.22. The van der Waals surface area contributed by atoms with E-state index in [9.17, 15) is 19.1 Å². The molecule has 1 aliphatic heterocycles. The van der Waals surface area contributed by atoms with Gasteiger partial charge in [0.05, 0.1) is 28.4 Å². The van der Waals surface area contributed by atoms with Crippen molar-refractivity contribution < 1.29 is 28.6 Å². The molecule has 7 nitrogen and oxygen atoms in total. The molecular formula is C29H23FN2O5S. The molecular weight excluding hydrogens is 507 g/mol. The number of fused-ring (bicyclic) bond motifs is 1. The Hall–Kier alpha value is -4.50. The first kappa shape index (κ1) is 25.2. The van der Waals surface area contributed by atoms with Gasteiger partial charge in [-0.05, 0) is 67.1 Å². The van der Waals surface area contributed by atoms with Gasteiger partial charge in [-0.1, -0.05) is 36.1 Å². The topological polar surface area (TPSA) is 89.0 Å². The Labute approximate surface area is 222 Å². The van der Waals surface area contributed by atoms with Gasteiger partial charge in [0.15, 0.2) is 5.13 Å².